The number of benzene rings is 3. The Balaban J connectivity index is 1.68. The molecule has 2 N–H and O–H groups in total. The fourth-order valence-electron chi connectivity index (χ4n) is 4.19. The molecule has 1 heterocycles. The predicted molar refractivity (Wildman–Crippen MR) is 122 cm³/mol. The average Bonchev–Trinajstić information content (AvgIpc) is 2.81. The zero-order chi connectivity index (χ0) is 21.6. The first-order chi connectivity index (χ1) is 15.1. The number of aliphatic hydroxyl groups excluding tert-OH is 1. The SMILES string of the molecule is O=C(O)N1CC[C@@H](N=C(c2ccccc2)c2ccccc2)[C@@H](O)C1Cc1ccccc1. The fraction of sp³-hybridized carbons (Fsp3) is 0.231. The van der Waals surface area contributed by atoms with Gasteiger partial charge in [-0.1, -0.05) is 91.0 Å². The van der Waals surface area contributed by atoms with E-state index in [1.807, 2.05) is 91.0 Å². The van der Waals surface area contributed by atoms with E-state index in [4.69, 9.17) is 4.99 Å². The molecule has 5 nitrogen and oxygen atoms in total. The number of nitrogens with zero attached hydrogens (tertiary/aromatic N) is 2. The highest BCUT2D eigenvalue weighted by Crippen LogP contribution is 2.26. The molecule has 3 atom stereocenters. The summed E-state index contributed by atoms with van der Waals surface area (Å²) in [4.78, 5) is 18.2. The summed E-state index contributed by atoms with van der Waals surface area (Å²) in [5.41, 5.74) is 3.75. The summed E-state index contributed by atoms with van der Waals surface area (Å²) in [7, 11) is 0. The highest BCUT2D eigenvalue weighted by molar-refractivity contribution is 6.13. The summed E-state index contributed by atoms with van der Waals surface area (Å²) in [5, 5.41) is 20.9. The van der Waals surface area contributed by atoms with Gasteiger partial charge in [0.15, 0.2) is 0 Å². The van der Waals surface area contributed by atoms with Crippen molar-refractivity contribution in [1.82, 2.24) is 4.90 Å². The number of hydrogen-bond acceptors (Lipinski definition) is 3. The van der Waals surface area contributed by atoms with Gasteiger partial charge in [-0.2, -0.15) is 0 Å². The second kappa shape index (κ2) is 9.58. The molecule has 1 aliphatic heterocycles. The smallest absolute Gasteiger partial charge is 0.407 e. The Morgan fingerprint density at radius 2 is 1.39 bits per heavy atom. The number of rotatable bonds is 5. The number of piperidine rings is 1. The van der Waals surface area contributed by atoms with Gasteiger partial charge in [0.1, 0.15) is 0 Å². The minimum absolute atomic E-state index is 0.342. The largest absolute Gasteiger partial charge is 0.465 e. The zero-order valence-electron chi connectivity index (χ0n) is 17.2. The van der Waals surface area contributed by atoms with E-state index in [0.29, 0.717) is 19.4 Å². The minimum atomic E-state index is -1.01. The van der Waals surface area contributed by atoms with Crippen LogP contribution in [0.15, 0.2) is 96.0 Å². The van der Waals surface area contributed by atoms with Gasteiger partial charge in [-0.05, 0) is 18.4 Å². The van der Waals surface area contributed by atoms with E-state index in [1.165, 1.54) is 4.90 Å². The summed E-state index contributed by atoms with van der Waals surface area (Å²) in [6, 6.07) is 28.6. The van der Waals surface area contributed by atoms with Crippen LogP contribution in [-0.4, -0.2) is 51.7 Å². The normalized spacial score (nSPS) is 20.8. The summed E-state index contributed by atoms with van der Waals surface area (Å²) < 4.78 is 0. The monoisotopic (exact) mass is 414 g/mol. The van der Waals surface area contributed by atoms with E-state index in [2.05, 4.69) is 0 Å². The molecule has 0 saturated carbocycles. The van der Waals surface area contributed by atoms with E-state index in [-0.39, 0.29) is 6.04 Å². The maximum Gasteiger partial charge on any atom is 0.407 e. The fourth-order valence-corrected chi connectivity index (χ4v) is 4.19. The Bertz CT molecular complexity index is 981. The van der Waals surface area contributed by atoms with Crippen LogP contribution in [0.1, 0.15) is 23.1 Å². The van der Waals surface area contributed by atoms with E-state index in [9.17, 15) is 15.0 Å². The van der Waals surface area contributed by atoms with Gasteiger partial charge in [-0.25, -0.2) is 4.79 Å². The first-order valence-corrected chi connectivity index (χ1v) is 10.5. The van der Waals surface area contributed by atoms with Gasteiger partial charge in [0.25, 0.3) is 0 Å². The average molecular weight is 415 g/mol. The quantitative estimate of drug-likeness (QED) is 0.613. The van der Waals surface area contributed by atoms with Crippen molar-refractivity contribution in [3.8, 4) is 0 Å². The standard InChI is InChI=1S/C26H26N2O3/c29-25-22(16-17-28(26(30)31)23(25)18-19-10-4-1-5-11-19)27-24(20-12-6-2-7-13-20)21-14-8-3-9-15-21/h1-15,22-23,25,29H,16-18H2,(H,30,31)/t22-,23?,25-/m1/s1. The molecular formula is C26H26N2O3. The third-order valence-corrected chi connectivity index (χ3v) is 5.78. The molecule has 1 aliphatic rings. The van der Waals surface area contributed by atoms with E-state index in [0.717, 1.165) is 22.4 Å². The van der Waals surface area contributed by atoms with Gasteiger partial charge < -0.3 is 15.1 Å². The molecule has 1 unspecified atom stereocenters. The lowest BCUT2D eigenvalue weighted by molar-refractivity contribution is 0.00442. The van der Waals surface area contributed by atoms with Crippen molar-refractivity contribution in [3.63, 3.8) is 0 Å². The lowest BCUT2D eigenvalue weighted by Crippen LogP contribution is -2.56. The van der Waals surface area contributed by atoms with Crippen LogP contribution in [0, 0.1) is 0 Å². The Hall–Kier alpha value is -3.44. The highest BCUT2D eigenvalue weighted by Gasteiger charge is 2.39. The van der Waals surface area contributed by atoms with Crippen molar-refractivity contribution in [1.29, 1.82) is 0 Å². The number of amides is 1. The van der Waals surface area contributed by atoms with Gasteiger partial charge >= 0.3 is 6.09 Å². The maximum atomic E-state index is 11.9. The van der Waals surface area contributed by atoms with E-state index < -0.39 is 18.2 Å². The summed E-state index contributed by atoms with van der Waals surface area (Å²) in [5.74, 6) is 0. The molecule has 158 valence electrons. The molecule has 0 aliphatic carbocycles. The third kappa shape index (κ3) is 4.84. The molecular weight excluding hydrogens is 388 g/mol. The van der Waals surface area contributed by atoms with Crippen molar-refractivity contribution in [2.45, 2.75) is 31.0 Å². The molecule has 5 heteroatoms. The number of aliphatic hydroxyl groups is 1. The highest BCUT2D eigenvalue weighted by atomic mass is 16.4. The van der Waals surface area contributed by atoms with Gasteiger partial charge in [0, 0.05) is 17.7 Å². The molecule has 0 bridgehead atoms. The minimum Gasteiger partial charge on any atom is -0.465 e. The van der Waals surface area contributed by atoms with Crippen LogP contribution in [0.5, 0.6) is 0 Å². The molecule has 0 aromatic heterocycles. The lowest BCUT2D eigenvalue weighted by atomic mass is 9.89. The van der Waals surface area contributed by atoms with Crippen molar-refractivity contribution in [3.05, 3.63) is 108 Å². The maximum absolute atomic E-state index is 11.9. The molecule has 0 radical (unpaired) electrons. The van der Waals surface area contributed by atoms with Crippen LogP contribution < -0.4 is 0 Å². The molecule has 3 aromatic rings. The predicted octanol–water partition coefficient (Wildman–Crippen LogP) is 4.25. The van der Waals surface area contributed by atoms with Gasteiger partial charge in [-0.3, -0.25) is 4.99 Å². The molecule has 1 amide bonds. The van der Waals surface area contributed by atoms with Gasteiger partial charge in [0.05, 0.1) is 23.9 Å². The first-order valence-electron chi connectivity index (χ1n) is 10.5. The molecule has 4 rings (SSSR count). The number of hydrogen-bond donors (Lipinski definition) is 2. The Kier molecular flexibility index (Phi) is 6.43. The van der Waals surface area contributed by atoms with Crippen LogP contribution in [0.4, 0.5) is 4.79 Å². The van der Waals surface area contributed by atoms with E-state index >= 15 is 0 Å². The third-order valence-electron chi connectivity index (χ3n) is 5.78. The van der Waals surface area contributed by atoms with E-state index in [1.54, 1.807) is 0 Å². The Morgan fingerprint density at radius 3 is 1.90 bits per heavy atom. The second-order valence-corrected chi connectivity index (χ2v) is 7.79. The van der Waals surface area contributed by atoms with Crippen molar-refractivity contribution < 1.29 is 15.0 Å². The van der Waals surface area contributed by atoms with Crippen LogP contribution in [-0.2, 0) is 6.42 Å². The Labute approximate surface area is 182 Å². The zero-order valence-corrected chi connectivity index (χ0v) is 17.2. The lowest BCUT2D eigenvalue weighted by Gasteiger charge is -2.40. The Morgan fingerprint density at radius 1 is 0.871 bits per heavy atom. The van der Waals surface area contributed by atoms with Crippen LogP contribution >= 0.6 is 0 Å². The topological polar surface area (TPSA) is 73.1 Å². The van der Waals surface area contributed by atoms with Crippen molar-refractivity contribution in [2.24, 2.45) is 4.99 Å². The number of likely N-dealkylation sites (tertiary alicyclic amines) is 1. The van der Waals surface area contributed by atoms with Crippen LogP contribution in [0.3, 0.4) is 0 Å². The summed E-state index contributed by atoms with van der Waals surface area (Å²) in [6.45, 7) is 0.342. The molecule has 1 fully saturated rings. The molecule has 3 aromatic carbocycles. The van der Waals surface area contributed by atoms with Crippen molar-refractivity contribution >= 4 is 11.8 Å². The number of carboxylic acid groups (broad SMARTS) is 1. The van der Waals surface area contributed by atoms with Crippen LogP contribution in [0.25, 0.3) is 0 Å². The van der Waals surface area contributed by atoms with Gasteiger partial charge in [-0.15, -0.1) is 0 Å². The molecule has 1 saturated heterocycles. The van der Waals surface area contributed by atoms with Gasteiger partial charge in [0.2, 0.25) is 0 Å². The molecule has 31 heavy (non-hydrogen) atoms. The second-order valence-electron chi connectivity index (χ2n) is 7.79. The molecule has 0 spiro atoms. The summed E-state index contributed by atoms with van der Waals surface area (Å²) in [6.07, 6.45) is -0.977. The number of carbonyl (C=O) groups is 1. The number of aliphatic imine (C=N–C) groups is 1. The summed E-state index contributed by atoms with van der Waals surface area (Å²) >= 11 is 0. The van der Waals surface area contributed by atoms with Crippen molar-refractivity contribution in [2.75, 3.05) is 6.54 Å². The van der Waals surface area contributed by atoms with Crippen LogP contribution in [0.2, 0.25) is 0 Å². The first kappa shape index (κ1) is 20.8.